The van der Waals surface area contributed by atoms with Crippen LogP contribution in [0.25, 0.3) is 0 Å². The molecular weight excluding hydrogens is 258 g/mol. The van der Waals surface area contributed by atoms with Crippen molar-refractivity contribution in [1.82, 2.24) is 4.90 Å². The number of aryl methyl sites for hydroxylation is 2. The molecule has 108 valence electrons. The monoisotopic (exact) mass is 279 g/mol. The predicted molar refractivity (Wildman–Crippen MR) is 85.6 cm³/mol. The summed E-state index contributed by atoms with van der Waals surface area (Å²) in [6, 6.07) is 16.6. The molecular formula is C19H21NO. The highest BCUT2D eigenvalue weighted by Crippen LogP contribution is 2.28. The molecule has 2 nitrogen and oxygen atoms in total. The van der Waals surface area contributed by atoms with Crippen molar-refractivity contribution in [3.8, 4) is 0 Å². The minimum absolute atomic E-state index is 0.167. The Bertz CT molecular complexity index is 628. The Morgan fingerprint density at radius 1 is 1.05 bits per heavy atom. The van der Waals surface area contributed by atoms with E-state index >= 15 is 0 Å². The van der Waals surface area contributed by atoms with Gasteiger partial charge in [0.05, 0.1) is 0 Å². The number of hydrogen-bond acceptors (Lipinski definition) is 1. The summed E-state index contributed by atoms with van der Waals surface area (Å²) in [6.45, 7) is 5.77. The van der Waals surface area contributed by atoms with Crippen LogP contribution in [0.2, 0.25) is 0 Å². The lowest BCUT2D eigenvalue weighted by molar-refractivity contribution is 0.0790. The summed E-state index contributed by atoms with van der Waals surface area (Å²) >= 11 is 0. The van der Waals surface area contributed by atoms with E-state index in [1.54, 1.807) is 0 Å². The standard InChI is InChI=1S/C19H21NO/c1-14-10-15(2)12-18(11-14)19(21)20-9-8-17(13-20)16-6-4-3-5-7-16/h3-7,10-12,17H,8-9,13H2,1-2H3. The van der Waals surface area contributed by atoms with Gasteiger partial charge in [-0.25, -0.2) is 0 Å². The van der Waals surface area contributed by atoms with E-state index in [9.17, 15) is 4.79 Å². The van der Waals surface area contributed by atoms with Crippen LogP contribution in [0.15, 0.2) is 48.5 Å². The van der Waals surface area contributed by atoms with Crippen LogP contribution in [0.3, 0.4) is 0 Å². The highest BCUT2D eigenvalue weighted by Gasteiger charge is 2.27. The largest absolute Gasteiger partial charge is 0.338 e. The maximum atomic E-state index is 12.7. The Kier molecular flexibility index (Phi) is 3.78. The molecule has 1 amide bonds. The number of carbonyl (C=O) groups is 1. The van der Waals surface area contributed by atoms with Crippen LogP contribution < -0.4 is 0 Å². The molecule has 1 saturated heterocycles. The highest BCUT2D eigenvalue weighted by molar-refractivity contribution is 5.94. The van der Waals surface area contributed by atoms with Gasteiger partial charge >= 0.3 is 0 Å². The predicted octanol–water partition coefficient (Wildman–Crippen LogP) is 3.93. The SMILES string of the molecule is Cc1cc(C)cc(C(=O)N2CCC(c3ccccc3)C2)c1. The third kappa shape index (κ3) is 2.99. The lowest BCUT2D eigenvalue weighted by atomic mass is 9.99. The molecule has 2 aromatic carbocycles. The van der Waals surface area contributed by atoms with Gasteiger partial charge in [0.2, 0.25) is 0 Å². The Labute approximate surface area is 126 Å². The molecule has 1 unspecified atom stereocenters. The van der Waals surface area contributed by atoms with Gasteiger partial charge in [-0.3, -0.25) is 4.79 Å². The van der Waals surface area contributed by atoms with Crippen LogP contribution in [-0.2, 0) is 0 Å². The Morgan fingerprint density at radius 2 is 1.71 bits per heavy atom. The fourth-order valence-corrected chi connectivity index (χ4v) is 3.22. The molecule has 1 aliphatic rings. The topological polar surface area (TPSA) is 20.3 Å². The van der Waals surface area contributed by atoms with Crippen molar-refractivity contribution in [3.63, 3.8) is 0 Å². The van der Waals surface area contributed by atoms with Crippen molar-refractivity contribution < 1.29 is 4.79 Å². The summed E-state index contributed by atoms with van der Waals surface area (Å²) in [4.78, 5) is 14.6. The Morgan fingerprint density at radius 3 is 2.38 bits per heavy atom. The summed E-state index contributed by atoms with van der Waals surface area (Å²) in [5.41, 5.74) is 4.46. The van der Waals surface area contributed by atoms with Crippen LogP contribution in [-0.4, -0.2) is 23.9 Å². The van der Waals surface area contributed by atoms with Gasteiger partial charge in [0.15, 0.2) is 0 Å². The van der Waals surface area contributed by atoms with E-state index in [2.05, 4.69) is 30.3 Å². The minimum Gasteiger partial charge on any atom is -0.338 e. The van der Waals surface area contributed by atoms with E-state index < -0.39 is 0 Å². The Balaban J connectivity index is 1.75. The summed E-state index contributed by atoms with van der Waals surface area (Å²) in [5.74, 6) is 0.640. The van der Waals surface area contributed by atoms with Gasteiger partial charge in [-0.15, -0.1) is 0 Å². The molecule has 1 aliphatic heterocycles. The van der Waals surface area contributed by atoms with Crippen molar-refractivity contribution in [2.45, 2.75) is 26.2 Å². The normalized spacial score (nSPS) is 18.0. The zero-order valence-electron chi connectivity index (χ0n) is 12.7. The van der Waals surface area contributed by atoms with Gasteiger partial charge in [0.1, 0.15) is 0 Å². The smallest absolute Gasteiger partial charge is 0.253 e. The van der Waals surface area contributed by atoms with Crippen molar-refractivity contribution >= 4 is 5.91 Å². The molecule has 0 bridgehead atoms. The zero-order valence-corrected chi connectivity index (χ0v) is 12.7. The first-order valence-electron chi connectivity index (χ1n) is 7.56. The average Bonchev–Trinajstić information content (AvgIpc) is 2.96. The van der Waals surface area contributed by atoms with E-state index in [0.717, 1.165) is 36.2 Å². The first-order chi connectivity index (χ1) is 10.1. The lowest BCUT2D eigenvalue weighted by Gasteiger charge is -2.17. The van der Waals surface area contributed by atoms with Crippen LogP contribution in [0.4, 0.5) is 0 Å². The molecule has 1 atom stereocenters. The van der Waals surface area contributed by atoms with Crippen molar-refractivity contribution in [3.05, 3.63) is 70.8 Å². The van der Waals surface area contributed by atoms with Gasteiger partial charge in [0.25, 0.3) is 5.91 Å². The fourth-order valence-electron chi connectivity index (χ4n) is 3.22. The molecule has 2 heteroatoms. The van der Waals surface area contributed by atoms with Gasteiger partial charge in [-0.2, -0.15) is 0 Å². The molecule has 0 aromatic heterocycles. The molecule has 2 aromatic rings. The van der Waals surface area contributed by atoms with Gasteiger partial charge in [0, 0.05) is 24.6 Å². The third-order valence-electron chi connectivity index (χ3n) is 4.22. The second-order valence-corrected chi connectivity index (χ2v) is 6.02. The van der Waals surface area contributed by atoms with E-state index in [1.165, 1.54) is 5.56 Å². The fraction of sp³-hybridized carbons (Fsp3) is 0.316. The molecule has 0 saturated carbocycles. The van der Waals surface area contributed by atoms with Crippen molar-refractivity contribution in [1.29, 1.82) is 0 Å². The Hall–Kier alpha value is -2.09. The van der Waals surface area contributed by atoms with Crippen molar-refractivity contribution in [2.75, 3.05) is 13.1 Å². The molecule has 1 heterocycles. The lowest BCUT2D eigenvalue weighted by Crippen LogP contribution is -2.28. The van der Waals surface area contributed by atoms with Gasteiger partial charge in [-0.1, -0.05) is 47.5 Å². The molecule has 0 aliphatic carbocycles. The summed E-state index contributed by atoms with van der Waals surface area (Å²) in [6.07, 6.45) is 1.06. The number of amides is 1. The van der Waals surface area contributed by atoms with Crippen LogP contribution in [0.1, 0.15) is 39.4 Å². The third-order valence-corrected chi connectivity index (χ3v) is 4.22. The maximum absolute atomic E-state index is 12.7. The number of nitrogens with zero attached hydrogens (tertiary/aromatic N) is 1. The number of rotatable bonds is 2. The summed E-state index contributed by atoms with van der Waals surface area (Å²) in [7, 11) is 0. The molecule has 1 fully saturated rings. The average molecular weight is 279 g/mol. The van der Waals surface area contributed by atoms with Crippen molar-refractivity contribution in [2.24, 2.45) is 0 Å². The highest BCUT2D eigenvalue weighted by atomic mass is 16.2. The quantitative estimate of drug-likeness (QED) is 0.815. The first-order valence-corrected chi connectivity index (χ1v) is 7.56. The zero-order chi connectivity index (χ0) is 14.8. The number of likely N-dealkylation sites (tertiary alicyclic amines) is 1. The molecule has 0 radical (unpaired) electrons. The summed E-state index contributed by atoms with van der Waals surface area (Å²) < 4.78 is 0. The number of benzene rings is 2. The van der Waals surface area contributed by atoms with Crippen LogP contribution in [0.5, 0.6) is 0 Å². The molecule has 21 heavy (non-hydrogen) atoms. The second-order valence-electron chi connectivity index (χ2n) is 6.02. The van der Waals surface area contributed by atoms with E-state index in [-0.39, 0.29) is 5.91 Å². The molecule has 3 rings (SSSR count). The minimum atomic E-state index is 0.167. The number of hydrogen-bond donors (Lipinski definition) is 0. The number of carbonyl (C=O) groups excluding carboxylic acids is 1. The maximum Gasteiger partial charge on any atom is 0.253 e. The van der Waals surface area contributed by atoms with Gasteiger partial charge in [-0.05, 0) is 38.0 Å². The van der Waals surface area contributed by atoms with E-state index in [1.807, 2.05) is 36.9 Å². The summed E-state index contributed by atoms with van der Waals surface area (Å²) in [5, 5.41) is 0. The second kappa shape index (κ2) is 5.72. The van der Waals surface area contributed by atoms with Crippen LogP contribution in [0, 0.1) is 13.8 Å². The molecule has 0 spiro atoms. The van der Waals surface area contributed by atoms with E-state index in [4.69, 9.17) is 0 Å². The first kappa shape index (κ1) is 13.9. The van der Waals surface area contributed by atoms with E-state index in [0.29, 0.717) is 5.92 Å². The molecule has 0 N–H and O–H groups in total. The van der Waals surface area contributed by atoms with Gasteiger partial charge < -0.3 is 4.90 Å². The van der Waals surface area contributed by atoms with Crippen LogP contribution >= 0.6 is 0 Å².